The van der Waals surface area contributed by atoms with Crippen LogP contribution in [0.25, 0.3) is 0 Å². The number of rotatable bonds is 6. The summed E-state index contributed by atoms with van der Waals surface area (Å²) in [5, 5.41) is 0. The van der Waals surface area contributed by atoms with E-state index in [4.69, 9.17) is 9.73 Å². The summed E-state index contributed by atoms with van der Waals surface area (Å²) in [5.41, 5.74) is 4.28. The lowest BCUT2D eigenvalue weighted by molar-refractivity contribution is 0.181. The maximum Gasteiger partial charge on any atom is 0.132 e. The maximum absolute atomic E-state index is 6.19. The number of nitrogens with zero attached hydrogens (tertiary/aromatic N) is 5. The van der Waals surface area contributed by atoms with Gasteiger partial charge in [0.2, 0.25) is 0 Å². The summed E-state index contributed by atoms with van der Waals surface area (Å²) in [4.78, 5) is 19.1. The lowest BCUT2D eigenvalue weighted by Crippen LogP contribution is -2.52. The van der Waals surface area contributed by atoms with Crippen molar-refractivity contribution < 1.29 is 4.74 Å². The molecular formula is C25H31N5O. The topological polar surface area (TPSA) is 53.9 Å². The fourth-order valence-electron chi connectivity index (χ4n) is 4.76. The Balaban J connectivity index is 1.21. The van der Waals surface area contributed by atoms with Gasteiger partial charge in [-0.2, -0.15) is 0 Å². The normalized spacial score (nSPS) is 24.6. The number of ether oxygens (including phenoxy) is 1. The van der Waals surface area contributed by atoms with Crippen LogP contribution in [0.4, 0.5) is 5.82 Å². The third-order valence-corrected chi connectivity index (χ3v) is 7.24. The zero-order chi connectivity index (χ0) is 21.0. The molecule has 2 saturated carbocycles. The molecule has 2 aliphatic carbocycles. The fourth-order valence-corrected chi connectivity index (χ4v) is 4.76. The molecule has 31 heavy (non-hydrogen) atoms. The molecule has 3 fully saturated rings. The highest BCUT2D eigenvalue weighted by Crippen LogP contribution is 2.40. The standard InChI is InChI=1S/C25H31N5O/c1-17-14-30(10-9-29(17)15-18-3-4-18)23-12-22(27-16-28-23)24-21-11-20(31-25(2)7-8-25)6-5-19(21)13-26-24/h5-6,11-12,16-18H,3-4,7-10,13-15H2,1-2H3/t17-/m1/s1. The lowest BCUT2D eigenvalue weighted by atomic mass is 10.0. The molecular weight excluding hydrogens is 386 g/mol. The molecule has 1 saturated heterocycles. The predicted octanol–water partition coefficient (Wildman–Crippen LogP) is 3.68. The number of hydrogen-bond acceptors (Lipinski definition) is 6. The van der Waals surface area contributed by atoms with Crippen molar-refractivity contribution in [1.82, 2.24) is 14.9 Å². The summed E-state index contributed by atoms with van der Waals surface area (Å²) >= 11 is 0. The van der Waals surface area contributed by atoms with E-state index in [1.54, 1.807) is 6.33 Å². The number of benzene rings is 1. The van der Waals surface area contributed by atoms with E-state index in [0.29, 0.717) is 12.6 Å². The summed E-state index contributed by atoms with van der Waals surface area (Å²) in [5.74, 6) is 2.89. The van der Waals surface area contributed by atoms with E-state index in [0.717, 1.165) is 66.9 Å². The molecule has 162 valence electrons. The molecule has 1 aromatic carbocycles. The molecule has 1 atom stereocenters. The second-order valence-electron chi connectivity index (χ2n) is 10.0. The first-order chi connectivity index (χ1) is 15.1. The van der Waals surface area contributed by atoms with Crippen LogP contribution in [-0.2, 0) is 6.54 Å². The van der Waals surface area contributed by atoms with Crippen molar-refractivity contribution in [2.75, 3.05) is 31.1 Å². The second kappa shape index (κ2) is 7.30. The first-order valence-corrected chi connectivity index (χ1v) is 11.7. The third kappa shape index (κ3) is 3.93. The minimum absolute atomic E-state index is 0.0184. The van der Waals surface area contributed by atoms with Crippen LogP contribution in [0.2, 0.25) is 0 Å². The van der Waals surface area contributed by atoms with Crippen LogP contribution in [0.1, 0.15) is 56.4 Å². The SMILES string of the molecule is C[C@@H]1CN(c2cc(C3=NCc4ccc(OC5(C)CC5)cc43)ncn2)CCN1CC1CC1. The molecule has 6 heteroatoms. The van der Waals surface area contributed by atoms with Gasteiger partial charge < -0.3 is 9.64 Å². The van der Waals surface area contributed by atoms with Crippen LogP contribution in [0.15, 0.2) is 35.6 Å². The Hall–Kier alpha value is -2.47. The molecule has 0 unspecified atom stereocenters. The highest BCUT2D eigenvalue weighted by molar-refractivity contribution is 6.14. The summed E-state index contributed by atoms with van der Waals surface area (Å²) in [6, 6.07) is 9.05. The smallest absolute Gasteiger partial charge is 0.132 e. The molecule has 0 N–H and O–H groups in total. The highest BCUT2D eigenvalue weighted by Gasteiger charge is 2.40. The molecule has 2 aliphatic heterocycles. The van der Waals surface area contributed by atoms with Gasteiger partial charge >= 0.3 is 0 Å². The minimum Gasteiger partial charge on any atom is -0.488 e. The van der Waals surface area contributed by atoms with Crippen molar-refractivity contribution in [3.8, 4) is 5.75 Å². The van der Waals surface area contributed by atoms with Crippen molar-refractivity contribution in [2.45, 2.75) is 57.7 Å². The van der Waals surface area contributed by atoms with Gasteiger partial charge in [-0.25, -0.2) is 9.97 Å². The molecule has 0 radical (unpaired) electrons. The number of fused-ring (bicyclic) bond motifs is 1. The number of anilines is 1. The first-order valence-electron chi connectivity index (χ1n) is 11.7. The Labute approximate surface area is 184 Å². The van der Waals surface area contributed by atoms with Gasteiger partial charge in [-0.05, 0) is 63.1 Å². The van der Waals surface area contributed by atoms with E-state index in [9.17, 15) is 0 Å². The zero-order valence-corrected chi connectivity index (χ0v) is 18.5. The van der Waals surface area contributed by atoms with Crippen molar-refractivity contribution in [2.24, 2.45) is 10.9 Å². The monoisotopic (exact) mass is 417 g/mol. The van der Waals surface area contributed by atoms with Gasteiger partial charge in [0, 0.05) is 43.9 Å². The van der Waals surface area contributed by atoms with E-state index in [-0.39, 0.29) is 5.60 Å². The van der Waals surface area contributed by atoms with Gasteiger partial charge in [0.05, 0.1) is 18.0 Å². The molecule has 6 nitrogen and oxygen atoms in total. The van der Waals surface area contributed by atoms with E-state index in [1.807, 2.05) is 0 Å². The molecule has 0 bridgehead atoms. The number of piperazine rings is 1. The quantitative estimate of drug-likeness (QED) is 0.718. The van der Waals surface area contributed by atoms with Crippen molar-refractivity contribution >= 4 is 11.5 Å². The average Bonchev–Trinajstić information content (AvgIpc) is 3.69. The molecule has 6 rings (SSSR count). The van der Waals surface area contributed by atoms with Crippen molar-refractivity contribution in [3.63, 3.8) is 0 Å². The molecule has 2 aromatic rings. The van der Waals surface area contributed by atoms with E-state index < -0.39 is 0 Å². The van der Waals surface area contributed by atoms with Gasteiger partial charge in [-0.15, -0.1) is 0 Å². The molecule has 0 amide bonds. The molecule has 3 heterocycles. The van der Waals surface area contributed by atoms with Crippen LogP contribution >= 0.6 is 0 Å². The van der Waals surface area contributed by atoms with Crippen molar-refractivity contribution in [1.29, 1.82) is 0 Å². The van der Waals surface area contributed by atoms with E-state index in [2.05, 4.69) is 57.9 Å². The van der Waals surface area contributed by atoms with Crippen molar-refractivity contribution in [3.05, 3.63) is 47.4 Å². The first kappa shape index (κ1) is 19.2. The summed E-state index contributed by atoms with van der Waals surface area (Å²) < 4.78 is 6.19. The minimum atomic E-state index is 0.0184. The van der Waals surface area contributed by atoms with Gasteiger partial charge in [0.15, 0.2) is 0 Å². The Kier molecular flexibility index (Phi) is 4.53. The summed E-state index contributed by atoms with van der Waals surface area (Å²) in [6.07, 6.45) is 6.78. The highest BCUT2D eigenvalue weighted by atomic mass is 16.5. The zero-order valence-electron chi connectivity index (χ0n) is 18.5. The van der Waals surface area contributed by atoms with E-state index in [1.165, 1.54) is 24.9 Å². The Morgan fingerprint density at radius 1 is 1.13 bits per heavy atom. The third-order valence-electron chi connectivity index (χ3n) is 7.24. The second-order valence-corrected chi connectivity index (χ2v) is 10.0. The maximum atomic E-state index is 6.19. The average molecular weight is 418 g/mol. The van der Waals surface area contributed by atoms with Gasteiger partial charge in [-0.1, -0.05) is 6.07 Å². The Bertz CT molecular complexity index is 1030. The molecule has 0 spiro atoms. The molecule has 4 aliphatic rings. The summed E-state index contributed by atoms with van der Waals surface area (Å²) in [6.45, 7) is 9.64. The van der Waals surface area contributed by atoms with E-state index >= 15 is 0 Å². The van der Waals surface area contributed by atoms with Gasteiger partial charge in [0.25, 0.3) is 0 Å². The Morgan fingerprint density at radius 2 is 2.00 bits per heavy atom. The fraction of sp³-hybridized carbons (Fsp3) is 0.560. The summed E-state index contributed by atoms with van der Waals surface area (Å²) in [7, 11) is 0. The number of aromatic nitrogens is 2. The van der Waals surface area contributed by atoms with Crippen LogP contribution < -0.4 is 9.64 Å². The van der Waals surface area contributed by atoms with Crippen LogP contribution in [0, 0.1) is 5.92 Å². The Morgan fingerprint density at radius 3 is 2.77 bits per heavy atom. The van der Waals surface area contributed by atoms with Gasteiger partial charge in [0.1, 0.15) is 23.5 Å². The van der Waals surface area contributed by atoms with Gasteiger partial charge in [-0.3, -0.25) is 9.89 Å². The van der Waals surface area contributed by atoms with Crippen LogP contribution in [0.3, 0.4) is 0 Å². The van der Waals surface area contributed by atoms with Crippen LogP contribution in [-0.4, -0.2) is 58.4 Å². The van der Waals surface area contributed by atoms with Crippen LogP contribution in [0.5, 0.6) is 5.75 Å². The lowest BCUT2D eigenvalue weighted by Gasteiger charge is -2.40. The predicted molar refractivity (Wildman–Crippen MR) is 122 cm³/mol. The number of hydrogen-bond donors (Lipinski definition) is 0. The molecule has 1 aromatic heterocycles. The largest absolute Gasteiger partial charge is 0.488 e. The number of aliphatic imine (C=N–C) groups is 1.